The Hall–Kier alpha value is -3.87. The van der Waals surface area contributed by atoms with Gasteiger partial charge in [0.2, 0.25) is 0 Å². The maximum atomic E-state index is 4.45. The molecule has 0 spiro atoms. The molecule has 0 fully saturated rings. The van der Waals surface area contributed by atoms with Crippen LogP contribution >= 0.6 is 7.26 Å². The molecule has 2 nitrogen and oxygen atoms in total. The summed E-state index contributed by atoms with van der Waals surface area (Å²) in [5.74, 6) is 0. The highest BCUT2D eigenvalue weighted by atomic mass is 31.2. The molecule has 0 heterocycles. The maximum Gasteiger partial charge on any atom is 0.116 e. The molecule has 170 valence electrons. The zero-order valence-electron chi connectivity index (χ0n) is 19.8. The van der Waals surface area contributed by atoms with Gasteiger partial charge in [0.25, 0.3) is 0 Å². The molecule has 0 aromatic heterocycles. The van der Waals surface area contributed by atoms with Crippen LogP contribution in [-0.2, 0) is 6.16 Å². The van der Waals surface area contributed by atoms with Crippen LogP contribution in [0.15, 0.2) is 150 Å². The van der Waals surface area contributed by atoms with Crippen LogP contribution in [0, 0.1) is 6.92 Å². The number of benzene rings is 5. The van der Waals surface area contributed by atoms with E-state index in [1.807, 2.05) is 12.1 Å². The van der Waals surface area contributed by atoms with Crippen molar-refractivity contribution >= 4 is 34.6 Å². The topological polar surface area (TPSA) is 24.7 Å². The van der Waals surface area contributed by atoms with Crippen molar-refractivity contribution in [2.24, 2.45) is 10.2 Å². The van der Waals surface area contributed by atoms with E-state index in [1.54, 1.807) is 0 Å². The molecule has 0 aliphatic carbocycles. The summed E-state index contributed by atoms with van der Waals surface area (Å²) in [6.45, 7) is 2.07. The maximum absolute atomic E-state index is 4.45. The molecule has 5 rings (SSSR count). The van der Waals surface area contributed by atoms with Crippen LogP contribution in [0.4, 0.5) is 11.4 Å². The van der Waals surface area contributed by atoms with E-state index in [0.29, 0.717) is 0 Å². The monoisotopic (exact) mass is 471 g/mol. The van der Waals surface area contributed by atoms with Gasteiger partial charge in [0.05, 0.1) is 17.5 Å². The summed E-state index contributed by atoms with van der Waals surface area (Å²) in [5.41, 5.74) is 4.23. The van der Waals surface area contributed by atoms with E-state index in [2.05, 4.69) is 145 Å². The van der Waals surface area contributed by atoms with Crippen molar-refractivity contribution in [3.05, 3.63) is 151 Å². The Morgan fingerprint density at radius 1 is 0.457 bits per heavy atom. The fourth-order valence-corrected chi connectivity index (χ4v) is 8.68. The Morgan fingerprint density at radius 2 is 0.829 bits per heavy atom. The lowest BCUT2D eigenvalue weighted by molar-refractivity contribution is 1.22. The molecule has 0 unspecified atom stereocenters. The quantitative estimate of drug-likeness (QED) is 0.170. The van der Waals surface area contributed by atoms with Crippen LogP contribution in [0.3, 0.4) is 0 Å². The van der Waals surface area contributed by atoms with Gasteiger partial charge in [-0.25, -0.2) is 0 Å². The average molecular weight is 472 g/mol. The van der Waals surface area contributed by atoms with Gasteiger partial charge in [-0.15, -0.1) is 0 Å². The van der Waals surface area contributed by atoms with Crippen molar-refractivity contribution < 1.29 is 0 Å². The molecule has 0 radical (unpaired) electrons. The Bertz CT molecular complexity index is 1280. The largest absolute Gasteiger partial charge is 0.151 e. The van der Waals surface area contributed by atoms with Crippen LogP contribution < -0.4 is 15.9 Å². The molecule has 3 heteroatoms. The lowest BCUT2D eigenvalue weighted by Gasteiger charge is -2.27. The van der Waals surface area contributed by atoms with Crippen molar-refractivity contribution in [2.75, 3.05) is 0 Å². The van der Waals surface area contributed by atoms with Gasteiger partial charge in [0.1, 0.15) is 23.2 Å². The minimum atomic E-state index is -1.91. The number of nitrogens with zero attached hydrogens (tertiary/aromatic N) is 2. The smallest absolute Gasteiger partial charge is 0.116 e. The number of rotatable bonds is 7. The normalized spacial score (nSPS) is 11.6. The zero-order chi connectivity index (χ0) is 23.9. The standard InChI is InChI=1S/C32H28N2P/c1-26-17-21-28(22-18-26)33-34-29-23-19-27(20-24-29)25-35(30-11-5-2-6-12-30,31-13-7-3-8-14-31)32-15-9-4-10-16-32/h2-24H,25H2,1H3/q+1. The molecule has 0 atom stereocenters. The fourth-order valence-electron chi connectivity index (χ4n) is 4.44. The lowest BCUT2D eigenvalue weighted by Crippen LogP contribution is -2.32. The van der Waals surface area contributed by atoms with Crippen molar-refractivity contribution in [1.29, 1.82) is 0 Å². The first-order valence-corrected chi connectivity index (χ1v) is 13.8. The number of azo groups is 1. The lowest BCUT2D eigenvalue weighted by atomic mass is 10.2. The van der Waals surface area contributed by atoms with E-state index < -0.39 is 7.26 Å². The Kier molecular flexibility index (Phi) is 6.93. The van der Waals surface area contributed by atoms with Gasteiger partial charge < -0.3 is 0 Å². The molecule has 0 saturated carbocycles. The Labute approximate surface area is 208 Å². The van der Waals surface area contributed by atoms with Crippen molar-refractivity contribution in [3.8, 4) is 0 Å². The van der Waals surface area contributed by atoms with E-state index in [1.165, 1.54) is 27.0 Å². The van der Waals surface area contributed by atoms with E-state index in [-0.39, 0.29) is 0 Å². The summed E-state index contributed by atoms with van der Waals surface area (Å²) in [6.07, 6.45) is 0.945. The summed E-state index contributed by atoms with van der Waals surface area (Å²) < 4.78 is 0. The van der Waals surface area contributed by atoms with Gasteiger partial charge in [0.15, 0.2) is 0 Å². The van der Waals surface area contributed by atoms with Gasteiger partial charge in [-0.3, -0.25) is 0 Å². The molecule has 0 saturated heterocycles. The van der Waals surface area contributed by atoms with Crippen molar-refractivity contribution in [1.82, 2.24) is 0 Å². The minimum Gasteiger partial charge on any atom is -0.151 e. The third-order valence-corrected chi connectivity index (χ3v) is 10.6. The second-order valence-corrected chi connectivity index (χ2v) is 12.2. The van der Waals surface area contributed by atoms with E-state index in [4.69, 9.17) is 0 Å². The minimum absolute atomic E-state index is 0.859. The highest BCUT2D eigenvalue weighted by Crippen LogP contribution is 2.58. The first-order valence-electron chi connectivity index (χ1n) is 11.9. The Morgan fingerprint density at radius 3 is 1.23 bits per heavy atom. The SMILES string of the molecule is Cc1ccc(N=Nc2ccc(C[P+](c3ccccc3)(c3ccccc3)c3ccccc3)cc2)cc1. The number of hydrogen-bond acceptors (Lipinski definition) is 2. The summed E-state index contributed by atoms with van der Waals surface area (Å²) in [5, 5.41) is 13.0. The molecular formula is C32H28N2P+. The highest BCUT2D eigenvalue weighted by molar-refractivity contribution is 7.95. The molecule has 0 amide bonds. The summed E-state index contributed by atoms with van der Waals surface area (Å²) in [6, 6.07) is 49.6. The van der Waals surface area contributed by atoms with Gasteiger partial charge in [-0.05, 0) is 73.2 Å². The number of aryl methyl sites for hydroxylation is 1. The van der Waals surface area contributed by atoms with E-state index in [0.717, 1.165) is 17.5 Å². The first-order chi connectivity index (χ1) is 17.2. The van der Waals surface area contributed by atoms with Crippen LogP contribution in [0.5, 0.6) is 0 Å². The number of hydrogen-bond donors (Lipinski definition) is 0. The van der Waals surface area contributed by atoms with Crippen LogP contribution in [-0.4, -0.2) is 0 Å². The van der Waals surface area contributed by atoms with Crippen LogP contribution in [0.2, 0.25) is 0 Å². The first kappa shape index (κ1) is 22.9. The predicted molar refractivity (Wildman–Crippen MR) is 151 cm³/mol. The van der Waals surface area contributed by atoms with Crippen LogP contribution in [0.1, 0.15) is 11.1 Å². The third-order valence-electron chi connectivity index (χ3n) is 6.26. The fraction of sp³-hybridized carbons (Fsp3) is 0.0625. The summed E-state index contributed by atoms with van der Waals surface area (Å²) >= 11 is 0. The van der Waals surface area contributed by atoms with E-state index in [9.17, 15) is 0 Å². The molecule has 0 aliphatic heterocycles. The second-order valence-electron chi connectivity index (χ2n) is 8.68. The molecule has 0 bridgehead atoms. The molecule has 5 aromatic carbocycles. The van der Waals surface area contributed by atoms with Gasteiger partial charge in [-0.2, -0.15) is 10.2 Å². The zero-order valence-corrected chi connectivity index (χ0v) is 20.7. The van der Waals surface area contributed by atoms with Crippen molar-refractivity contribution in [2.45, 2.75) is 13.1 Å². The average Bonchev–Trinajstić information content (AvgIpc) is 2.93. The second kappa shape index (κ2) is 10.6. The molecular weight excluding hydrogens is 443 g/mol. The molecule has 0 aliphatic rings. The summed E-state index contributed by atoms with van der Waals surface area (Å²) in [7, 11) is -1.91. The third kappa shape index (κ3) is 5.14. The molecule has 0 N–H and O–H groups in total. The predicted octanol–water partition coefficient (Wildman–Crippen LogP) is 7.90. The van der Waals surface area contributed by atoms with Gasteiger partial charge in [-0.1, -0.05) is 84.4 Å². The van der Waals surface area contributed by atoms with Crippen molar-refractivity contribution in [3.63, 3.8) is 0 Å². The molecule has 35 heavy (non-hydrogen) atoms. The Balaban J connectivity index is 1.54. The van der Waals surface area contributed by atoms with Gasteiger partial charge >= 0.3 is 0 Å². The summed E-state index contributed by atoms with van der Waals surface area (Å²) in [4.78, 5) is 0. The highest BCUT2D eigenvalue weighted by Gasteiger charge is 2.45. The van der Waals surface area contributed by atoms with Gasteiger partial charge in [0, 0.05) is 0 Å². The van der Waals surface area contributed by atoms with Crippen LogP contribution in [0.25, 0.3) is 0 Å². The molecule has 5 aromatic rings. The van der Waals surface area contributed by atoms with E-state index >= 15 is 0 Å².